The highest BCUT2D eigenvalue weighted by molar-refractivity contribution is 14.1. The van der Waals surface area contributed by atoms with E-state index >= 15 is 0 Å². The minimum Gasteiger partial charge on any atom is -0.497 e. The Morgan fingerprint density at radius 2 is 1.04 bits per heavy atom. The van der Waals surface area contributed by atoms with Crippen molar-refractivity contribution in [2.45, 2.75) is 9.79 Å². The lowest BCUT2D eigenvalue weighted by Crippen LogP contribution is -2.01. The van der Waals surface area contributed by atoms with E-state index in [2.05, 4.69) is 0 Å². The van der Waals surface area contributed by atoms with Crippen molar-refractivity contribution in [2.24, 2.45) is 0 Å². The van der Waals surface area contributed by atoms with Crippen LogP contribution < -0.4 is 12.5 Å². The summed E-state index contributed by atoms with van der Waals surface area (Å²) in [5.41, 5.74) is 0. The zero-order valence-corrected chi connectivity index (χ0v) is 16.7. The molecule has 0 aliphatic heterocycles. The van der Waals surface area contributed by atoms with Crippen LogP contribution in [0, 0.1) is 0 Å². The van der Waals surface area contributed by atoms with E-state index in [0.717, 1.165) is 5.75 Å². The topological polar surface area (TPSA) is 61.8 Å². The third kappa shape index (κ3) is 4.10. The lowest BCUT2D eigenvalue weighted by Gasteiger charge is -2.09. The zero-order valence-electron chi connectivity index (χ0n) is 13.8. The molecule has 3 rings (SSSR count). The van der Waals surface area contributed by atoms with Gasteiger partial charge in [0.1, 0.15) is 23.0 Å². The molecular weight excluding hydrogens is 467 g/mol. The second-order valence-corrected chi connectivity index (χ2v) is 7.69. The second-order valence-electron chi connectivity index (χ2n) is 5.30. The third-order valence-corrected chi connectivity index (χ3v) is 5.95. The van der Waals surface area contributed by atoms with Crippen LogP contribution in [-0.2, 0) is 9.84 Å². The summed E-state index contributed by atoms with van der Waals surface area (Å²) in [6, 6.07) is 19.7. The van der Waals surface area contributed by atoms with Crippen LogP contribution in [0.15, 0.2) is 82.6 Å². The molecule has 0 aliphatic rings. The van der Waals surface area contributed by atoms with E-state index in [0.29, 0.717) is 17.2 Å². The molecule has 0 aromatic heterocycles. The summed E-state index contributed by atoms with van der Waals surface area (Å²) < 4.78 is 41.2. The summed E-state index contributed by atoms with van der Waals surface area (Å²) in [4.78, 5) is 0.407. The molecule has 0 amide bonds. The molecule has 5 nitrogen and oxygen atoms in total. The molecule has 0 spiro atoms. The van der Waals surface area contributed by atoms with Gasteiger partial charge in [0.05, 0.1) is 16.9 Å². The summed E-state index contributed by atoms with van der Waals surface area (Å²) in [6.45, 7) is 0. The lowest BCUT2D eigenvalue weighted by atomic mass is 10.3. The Morgan fingerprint density at radius 3 is 1.46 bits per heavy atom. The van der Waals surface area contributed by atoms with E-state index in [9.17, 15) is 8.42 Å². The molecule has 0 unspecified atom stereocenters. The Balaban J connectivity index is 1.79. The molecule has 0 atom stereocenters. The van der Waals surface area contributed by atoms with Gasteiger partial charge in [-0.1, -0.05) is 0 Å². The first-order valence-electron chi connectivity index (χ1n) is 7.58. The van der Waals surface area contributed by atoms with Crippen molar-refractivity contribution in [3.05, 3.63) is 72.8 Å². The fourth-order valence-electron chi connectivity index (χ4n) is 2.27. The SMILES string of the molecule is COc1ccc(S(=O)(=O)c2ccc(Oc3ccc(OI)cc3)cc2)cc1. The number of methoxy groups -OCH3 is 1. The summed E-state index contributed by atoms with van der Waals surface area (Å²) in [5.74, 6) is 2.50. The number of halogens is 1. The minimum atomic E-state index is -3.59. The number of rotatable bonds is 6. The van der Waals surface area contributed by atoms with Crippen molar-refractivity contribution in [3.8, 4) is 23.0 Å². The number of benzene rings is 3. The van der Waals surface area contributed by atoms with Crippen molar-refractivity contribution < 1.29 is 21.0 Å². The first kappa shape index (κ1) is 18.5. The van der Waals surface area contributed by atoms with Gasteiger partial charge < -0.3 is 12.5 Å². The molecule has 7 heteroatoms. The molecule has 0 N–H and O–H groups in total. The van der Waals surface area contributed by atoms with Gasteiger partial charge in [0.2, 0.25) is 9.84 Å². The quantitative estimate of drug-likeness (QED) is 0.461. The van der Waals surface area contributed by atoms with Gasteiger partial charge in [-0.2, -0.15) is 0 Å². The molecule has 0 radical (unpaired) electrons. The van der Waals surface area contributed by atoms with Crippen LogP contribution in [0.25, 0.3) is 0 Å². The molecule has 0 saturated heterocycles. The summed E-state index contributed by atoms with van der Waals surface area (Å²) in [7, 11) is -2.06. The fourth-order valence-corrected chi connectivity index (χ4v) is 3.83. The monoisotopic (exact) mass is 482 g/mol. The standard InChI is InChI=1S/C19H15IO5S/c1-23-14-6-10-18(11-7-14)26(21,22)19-12-8-16(9-13-19)24-15-2-4-17(25-20)5-3-15/h2-13H,1H3. The first-order valence-corrected chi connectivity index (χ1v) is 9.95. The smallest absolute Gasteiger partial charge is 0.206 e. The average Bonchev–Trinajstić information content (AvgIpc) is 2.69. The zero-order chi connectivity index (χ0) is 18.6. The van der Waals surface area contributed by atoms with E-state index < -0.39 is 9.84 Å². The van der Waals surface area contributed by atoms with Gasteiger partial charge in [-0.15, -0.1) is 0 Å². The van der Waals surface area contributed by atoms with Gasteiger partial charge in [-0.3, -0.25) is 0 Å². The predicted octanol–water partition coefficient (Wildman–Crippen LogP) is 5.05. The third-order valence-electron chi connectivity index (χ3n) is 3.65. The van der Waals surface area contributed by atoms with Crippen LogP contribution in [-0.4, -0.2) is 15.5 Å². The van der Waals surface area contributed by atoms with Gasteiger partial charge in [0.15, 0.2) is 23.0 Å². The maximum atomic E-state index is 12.7. The van der Waals surface area contributed by atoms with E-state index in [-0.39, 0.29) is 9.79 Å². The Labute approximate surface area is 166 Å². The van der Waals surface area contributed by atoms with Gasteiger partial charge >= 0.3 is 0 Å². The normalized spacial score (nSPS) is 11.0. The van der Waals surface area contributed by atoms with Gasteiger partial charge in [0.25, 0.3) is 0 Å². The molecule has 3 aromatic carbocycles. The molecule has 0 bridgehead atoms. The average molecular weight is 482 g/mol. The van der Waals surface area contributed by atoms with Crippen LogP contribution in [0.2, 0.25) is 0 Å². The Kier molecular flexibility index (Phi) is 5.67. The summed E-state index contributed by atoms with van der Waals surface area (Å²) in [5, 5.41) is 0. The summed E-state index contributed by atoms with van der Waals surface area (Å²) in [6.07, 6.45) is 0. The maximum absolute atomic E-state index is 12.7. The molecule has 0 heterocycles. The van der Waals surface area contributed by atoms with E-state index in [1.807, 2.05) is 0 Å². The van der Waals surface area contributed by atoms with Crippen molar-refractivity contribution in [2.75, 3.05) is 7.11 Å². The maximum Gasteiger partial charge on any atom is 0.206 e. The van der Waals surface area contributed by atoms with Gasteiger partial charge in [-0.05, 0) is 72.8 Å². The van der Waals surface area contributed by atoms with Gasteiger partial charge in [-0.25, -0.2) is 8.42 Å². The molecule has 134 valence electrons. The van der Waals surface area contributed by atoms with Crippen molar-refractivity contribution in [3.63, 3.8) is 0 Å². The van der Waals surface area contributed by atoms with Crippen molar-refractivity contribution >= 4 is 32.8 Å². The van der Waals surface area contributed by atoms with E-state index in [4.69, 9.17) is 12.5 Å². The number of hydrogen-bond donors (Lipinski definition) is 0. The van der Waals surface area contributed by atoms with Crippen LogP contribution in [0.5, 0.6) is 23.0 Å². The van der Waals surface area contributed by atoms with Crippen molar-refractivity contribution in [1.82, 2.24) is 0 Å². The van der Waals surface area contributed by atoms with E-state index in [1.165, 1.54) is 31.4 Å². The number of ether oxygens (including phenoxy) is 2. The van der Waals surface area contributed by atoms with E-state index in [1.54, 1.807) is 71.5 Å². The number of hydrogen-bond acceptors (Lipinski definition) is 5. The molecule has 0 aliphatic carbocycles. The lowest BCUT2D eigenvalue weighted by molar-refractivity contribution is 0.414. The van der Waals surface area contributed by atoms with Crippen LogP contribution >= 0.6 is 23.0 Å². The Morgan fingerprint density at radius 1 is 0.654 bits per heavy atom. The van der Waals surface area contributed by atoms with Crippen LogP contribution in [0.1, 0.15) is 0 Å². The second kappa shape index (κ2) is 7.96. The van der Waals surface area contributed by atoms with Gasteiger partial charge in [0, 0.05) is 0 Å². The van der Waals surface area contributed by atoms with Crippen LogP contribution in [0.4, 0.5) is 0 Å². The van der Waals surface area contributed by atoms with Crippen LogP contribution in [0.3, 0.4) is 0 Å². The highest BCUT2D eigenvalue weighted by atomic mass is 127. The highest BCUT2D eigenvalue weighted by Crippen LogP contribution is 2.28. The van der Waals surface area contributed by atoms with Crippen molar-refractivity contribution in [1.29, 1.82) is 0 Å². The minimum absolute atomic E-state index is 0.198. The Hall–Kier alpha value is -2.26. The Bertz CT molecular complexity index is 966. The summed E-state index contributed by atoms with van der Waals surface area (Å²) >= 11 is 1.80. The molecule has 0 saturated carbocycles. The highest BCUT2D eigenvalue weighted by Gasteiger charge is 2.17. The number of sulfone groups is 1. The molecule has 26 heavy (non-hydrogen) atoms. The molecule has 0 fully saturated rings. The largest absolute Gasteiger partial charge is 0.497 e. The first-order chi connectivity index (χ1) is 12.5. The molecule has 3 aromatic rings. The fraction of sp³-hybridized carbons (Fsp3) is 0.0526. The molecular formula is C19H15IO5S. The predicted molar refractivity (Wildman–Crippen MR) is 106 cm³/mol.